The minimum Gasteiger partial charge on any atom is -0.383 e. The van der Waals surface area contributed by atoms with Crippen molar-refractivity contribution in [3.05, 3.63) is 89.1 Å². The highest BCUT2D eigenvalue weighted by molar-refractivity contribution is 7.14. The average molecular weight is 514 g/mol. The number of nitrogen functional groups attached to an aromatic ring is 1. The minimum absolute atomic E-state index is 0.130. The number of hydrogen-bond donors (Lipinski definition) is 1. The van der Waals surface area contributed by atoms with Gasteiger partial charge in [-0.3, -0.25) is 4.90 Å². The van der Waals surface area contributed by atoms with Gasteiger partial charge in [0.05, 0.1) is 16.8 Å². The van der Waals surface area contributed by atoms with Crippen LogP contribution in [0.15, 0.2) is 65.7 Å². The number of hydrogen-bond acceptors (Lipinski definition) is 7. The first-order valence-electron chi connectivity index (χ1n) is 11.5. The molecule has 0 spiro atoms. The van der Waals surface area contributed by atoms with Crippen molar-refractivity contribution in [3.8, 4) is 11.3 Å². The molecule has 0 saturated carbocycles. The van der Waals surface area contributed by atoms with E-state index in [0.29, 0.717) is 39.5 Å². The van der Waals surface area contributed by atoms with E-state index in [0.717, 1.165) is 21.7 Å². The molecule has 0 atom stereocenters. The lowest BCUT2D eigenvalue weighted by atomic mass is 10.1. The van der Waals surface area contributed by atoms with Crippen LogP contribution < -0.4 is 10.6 Å². The smallest absolute Gasteiger partial charge is 0.164 e. The van der Waals surface area contributed by atoms with E-state index in [1.54, 1.807) is 34.7 Å². The molecule has 0 aliphatic carbocycles. The average Bonchev–Trinajstić information content (AvgIpc) is 3.41. The zero-order valence-corrected chi connectivity index (χ0v) is 20.9. The van der Waals surface area contributed by atoms with Crippen molar-refractivity contribution >= 4 is 50.4 Å². The maximum atomic E-state index is 15.0. The second kappa shape index (κ2) is 8.59. The quantitative estimate of drug-likeness (QED) is 0.307. The van der Waals surface area contributed by atoms with E-state index >= 15 is 4.39 Å². The van der Waals surface area contributed by atoms with E-state index in [-0.39, 0.29) is 18.2 Å². The number of rotatable bonds is 4. The molecule has 0 fully saturated rings. The third-order valence-corrected chi connectivity index (χ3v) is 7.25. The predicted molar refractivity (Wildman–Crippen MR) is 144 cm³/mol. The number of amidine groups is 1. The highest BCUT2D eigenvalue weighted by atomic mass is 32.1. The van der Waals surface area contributed by atoms with Crippen molar-refractivity contribution in [1.29, 1.82) is 0 Å². The number of anilines is 2. The van der Waals surface area contributed by atoms with Gasteiger partial charge in [0.2, 0.25) is 0 Å². The highest BCUT2D eigenvalue weighted by Crippen LogP contribution is 2.43. The van der Waals surface area contributed by atoms with Crippen molar-refractivity contribution in [2.24, 2.45) is 4.99 Å². The maximum absolute atomic E-state index is 15.0. The predicted octanol–water partition coefficient (Wildman–Crippen LogP) is 6.25. The molecule has 7 nitrogen and oxygen atoms in total. The summed E-state index contributed by atoms with van der Waals surface area (Å²) in [5, 5.41) is 8.07. The van der Waals surface area contributed by atoms with Crippen molar-refractivity contribution < 1.29 is 8.78 Å². The summed E-state index contributed by atoms with van der Waals surface area (Å²) in [6, 6.07) is 11.2. The first-order valence-corrected chi connectivity index (χ1v) is 12.3. The van der Waals surface area contributed by atoms with Gasteiger partial charge in [0, 0.05) is 11.1 Å². The third-order valence-electron chi connectivity index (χ3n) is 6.26. The van der Waals surface area contributed by atoms with Gasteiger partial charge in [-0.25, -0.2) is 28.4 Å². The summed E-state index contributed by atoms with van der Waals surface area (Å²) in [6.07, 6.45) is 1.35. The molecular formula is C27H21F2N7S. The number of nitrogens with zero attached hydrogens (tertiary/aromatic N) is 6. The van der Waals surface area contributed by atoms with E-state index in [4.69, 9.17) is 15.8 Å². The van der Waals surface area contributed by atoms with Crippen LogP contribution in [0, 0.1) is 25.5 Å². The van der Waals surface area contributed by atoms with Crippen LogP contribution in [0.1, 0.15) is 16.7 Å². The highest BCUT2D eigenvalue weighted by Gasteiger charge is 2.30. The molecule has 2 aromatic carbocycles. The maximum Gasteiger partial charge on any atom is 0.164 e. The Kier molecular flexibility index (Phi) is 5.34. The molecule has 1 aliphatic rings. The van der Waals surface area contributed by atoms with Gasteiger partial charge >= 0.3 is 0 Å². The summed E-state index contributed by atoms with van der Waals surface area (Å²) < 4.78 is 31.0. The Bertz CT molecular complexity index is 1730. The van der Waals surface area contributed by atoms with Gasteiger partial charge < -0.3 is 5.73 Å². The molecule has 3 aromatic heterocycles. The molecule has 6 rings (SSSR count). The Morgan fingerprint density at radius 1 is 1.08 bits per heavy atom. The van der Waals surface area contributed by atoms with E-state index in [2.05, 4.69) is 16.5 Å². The fraction of sp³-hybridized carbons (Fsp3) is 0.111. The molecule has 5 aromatic rings. The molecule has 1 aliphatic heterocycles. The molecule has 0 amide bonds. The monoisotopic (exact) mass is 513 g/mol. The number of nitrogens with two attached hydrogens (primary N) is 1. The molecule has 0 unspecified atom stereocenters. The molecule has 0 radical (unpaired) electrons. The van der Waals surface area contributed by atoms with E-state index in [1.807, 2.05) is 18.4 Å². The topological polar surface area (TPSA) is 85.2 Å². The van der Waals surface area contributed by atoms with Crippen LogP contribution in [0.5, 0.6) is 0 Å². The van der Waals surface area contributed by atoms with Crippen LogP contribution in [0.4, 0.5) is 25.3 Å². The molecule has 0 bridgehead atoms. The van der Waals surface area contributed by atoms with Gasteiger partial charge in [-0.2, -0.15) is 5.10 Å². The summed E-state index contributed by atoms with van der Waals surface area (Å²) in [4.78, 5) is 15.2. The lowest BCUT2D eigenvalue weighted by Gasteiger charge is -2.32. The van der Waals surface area contributed by atoms with Crippen LogP contribution in [0.3, 0.4) is 0 Å². The number of aryl methyl sites for hydroxylation is 2. The number of thiophene rings is 1. The van der Waals surface area contributed by atoms with Crippen LogP contribution >= 0.6 is 11.3 Å². The molecule has 10 heteroatoms. The summed E-state index contributed by atoms with van der Waals surface area (Å²) in [6.45, 7) is 8.21. The molecule has 4 heterocycles. The Labute approximate surface area is 215 Å². The van der Waals surface area contributed by atoms with Gasteiger partial charge in [0.1, 0.15) is 46.9 Å². The van der Waals surface area contributed by atoms with E-state index in [1.165, 1.54) is 35.9 Å². The van der Waals surface area contributed by atoms with Crippen LogP contribution in [0.25, 0.3) is 28.0 Å². The number of aliphatic imine (C=N–C) groups is 1. The second-order valence-electron chi connectivity index (χ2n) is 8.84. The molecule has 2 N–H and O–H groups in total. The zero-order chi connectivity index (χ0) is 25.8. The number of fused-ring (bicyclic) bond motifs is 2. The van der Waals surface area contributed by atoms with Gasteiger partial charge in [-0.1, -0.05) is 18.7 Å². The van der Waals surface area contributed by atoms with Gasteiger partial charge in [0.25, 0.3) is 0 Å². The number of aromatic nitrogens is 4. The molecule has 37 heavy (non-hydrogen) atoms. The lowest BCUT2D eigenvalue weighted by molar-refractivity contribution is 0.627. The van der Waals surface area contributed by atoms with Crippen LogP contribution in [0.2, 0.25) is 0 Å². The molecular weight excluding hydrogens is 492 g/mol. The normalized spacial score (nSPS) is 13.2. The van der Waals surface area contributed by atoms with Gasteiger partial charge in [0.15, 0.2) is 5.65 Å². The van der Waals surface area contributed by atoms with Crippen molar-refractivity contribution in [3.63, 3.8) is 0 Å². The Hall–Kier alpha value is -4.44. The summed E-state index contributed by atoms with van der Waals surface area (Å²) >= 11 is 1.50. The fourth-order valence-corrected chi connectivity index (χ4v) is 5.63. The Balaban J connectivity index is 1.54. The van der Waals surface area contributed by atoms with Crippen LogP contribution in [-0.2, 0) is 6.54 Å². The number of para-hydroxylation sites is 1. The summed E-state index contributed by atoms with van der Waals surface area (Å²) in [7, 11) is 0. The Morgan fingerprint density at radius 2 is 1.89 bits per heavy atom. The zero-order valence-electron chi connectivity index (χ0n) is 20.0. The van der Waals surface area contributed by atoms with Crippen LogP contribution in [-0.4, -0.2) is 25.6 Å². The first kappa shape index (κ1) is 23.0. The Morgan fingerprint density at radius 3 is 2.68 bits per heavy atom. The fourth-order valence-electron chi connectivity index (χ4n) is 4.67. The standard InChI is InChI=1S/C27H21F2N7S/c1-14-8-17(10-18(28)9-14)24-23-25(30)31-13-32-26(23)35(34-24)11-21-33-27-22(15(2)12-37-27)16(3)36(21)20-7-5-4-6-19(20)29/h4-10,12-13H,3,11H2,1-2H3,(H2,30,31,32). The van der Waals surface area contributed by atoms with Gasteiger partial charge in [-0.05, 0) is 60.7 Å². The van der Waals surface area contributed by atoms with Crippen molar-refractivity contribution in [2.75, 3.05) is 10.6 Å². The summed E-state index contributed by atoms with van der Waals surface area (Å²) in [5.41, 5.74) is 11.3. The lowest BCUT2D eigenvalue weighted by Crippen LogP contribution is -2.35. The second-order valence-corrected chi connectivity index (χ2v) is 9.70. The summed E-state index contributed by atoms with van der Waals surface area (Å²) in [5.74, 6) is -0.0498. The molecule has 184 valence electrons. The number of benzene rings is 2. The molecule has 0 saturated heterocycles. The minimum atomic E-state index is -0.402. The SMILES string of the molecule is C=C1c2c(C)csc2N=C(Cn2nc(-c3cc(C)cc(F)c3)c3c(N)ncnc32)N1c1ccccc1F. The van der Waals surface area contributed by atoms with Crippen molar-refractivity contribution in [1.82, 2.24) is 19.7 Å². The first-order chi connectivity index (χ1) is 17.8. The van der Waals surface area contributed by atoms with E-state index < -0.39 is 5.82 Å². The number of halogens is 2. The van der Waals surface area contributed by atoms with Crippen molar-refractivity contribution in [2.45, 2.75) is 20.4 Å². The largest absolute Gasteiger partial charge is 0.383 e. The third kappa shape index (κ3) is 3.77. The van der Waals surface area contributed by atoms with E-state index in [9.17, 15) is 4.39 Å². The van der Waals surface area contributed by atoms with Gasteiger partial charge in [-0.15, -0.1) is 11.3 Å².